The molecule has 21 heavy (non-hydrogen) atoms. The molecule has 0 aliphatic carbocycles. The van der Waals surface area contributed by atoms with Crippen molar-refractivity contribution < 1.29 is 18.7 Å². The standard InChI is InChI=1S/C16H12FNO3/c17-14-5-7-15(8-6-14)20-11-16(19)21-10-13-3-1-12(9-18)2-4-13/h1-8H,10-11H2. The van der Waals surface area contributed by atoms with Crippen LogP contribution in [0.3, 0.4) is 0 Å². The van der Waals surface area contributed by atoms with Gasteiger partial charge in [0.1, 0.15) is 18.2 Å². The van der Waals surface area contributed by atoms with E-state index in [-0.39, 0.29) is 19.0 Å². The number of nitrogens with zero attached hydrogens (tertiary/aromatic N) is 1. The third-order valence-corrected chi connectivity index (χ3v) is 2.65. The van der Waals surface area contributed by atoms with Gasteiger partial charge < -0.3 is 9.47 Å². The Balaban J connectivity index is 1.76. The van der Waals surface area contributed by atoms with Gasteiger partial charge in [0, 0.05) is 0 Å². The van der Waals surface area contributed by atoms with Gasteiger partial charge in [-0.1, -0.05) is 12.1 Å². The maximum Gasteiger partial charge on any atom is 0.344 e. The first kappa shape index (κ1) is 14.5. The molecule has 0 aliphatic heterocycles. The van der Waals surface area contributed by atoms with E-state index in [2.05, 4.69) is 0 Å². The van der Waals surface area contributed by atoms with Crippen molar-refractivity contribution in [2.45, 2.75) is 6.61 Å². The SMILES string of the molecule is N#Cc1ccc(COC(=O)COc2ccc(F)cc2)cc1. The Labute approximate surface area is 121 Å². The van der Waals surface area contributed by atoms with Crippen LogP contribution in [0.5, 0.6) is 5.75 Å². The second-order valence-corrected chi connectivity index (χ2v) is 4.21. The van der Waals surface area contributed by atoms with Crippen LogP contribution in [-0.4, -0.2) is 12.6 Å². The molecule has 0 fully saturated rings. The van der Waals surface area contributed by atoms with E-state index in [0.29, 0.717) is 11.3 Å². The van der Waals surface area contributed by atoms with Gasteiger partial charge in [0.05, 0.1) is 11.6 Å². The molecular formula is C16H12FNO3. The fraction of sp³-hybridized carbons (Fsp3) is 0.125. The highest BCUT2D eigenvalue weighted by molar-refractivity contribution is 5.71. The van der Waals surface area contributed by atoms with Gasteiger partial charge in [-0.05, 0) is 42.0 Å². The lowest BCUT2D eigenvalue weighted by Crippen LogP contribution is -2.14. The molecule has 0 saturated carbocycles. The first-order chi connectivity index (χ1) is 10.2. The van der Waals surface area contributed by atoms with Gasteiger partial charge in [-0.25, -0.2) is 9.18 Å². The van der Waals surface area contributed by atoms with Crippen molar-refractivity contribution in [1.29, 1.82) is 5.26 Å². The highest BCUT2D eigenvalue weighted by Gasteiger charge is 2.05. The predicted octanol–water partition coefficient (Wildman–Crippen LogP) is 2.82. The summed E-state index contributed by atoms with van der Waals surface area (Å²) < 4.78 is 22.9. The van der Waals surface area contributed by atoms with E-state index in [9.17, 15) is 9.18 Å². The average Bonchev–Trinajstić information content (AvgIpc) is 2.53. The van der Waals surface area contributed by atoms with Crippen molar-refractivity contribution in [3.8, 4) is 11.8 Å². The third-order valence-electron chi connectivity index (χ3n) is 2.65. The van der Waals surface area contributed by atoms with Gasteiger partial charge in [-0.2, -0.15) is 5.26 Å². The first-order valence-electron chi connectivity index (χ1n) is 6.20. The van der Waals surface area contributed by atoms with E-state index in [1.807, 2.05) is 6.07 Å². The molecule has 106 valence electrons. The van der Waals surface area contributed by atoms with E-state index in [1.165, 1.54) is 24.3 Å². The summed E-state index contributed by atoms with van der Waals surface area (Å²) in [5.74, 6) is -0.499. The Kier molecular flexibility index (Phi) is 4.89. The highest BCUT2D eigenvalue weighted by Crippen LogP contribution is 2.11. The molecule has 0 aliphatic rings. The highest BCUT2D eigenvalue weighted by atomic mass is 19.1. The van der Waals surface area contributed by atoms with Crippen molar-refractivity contribution in [2.24, 2.45) is 0 Å². The van der Waals surface area contributed by atoms with Gasteiger partial charge in [-0.3, -0.25) is 0 Å². The lowest BCUT2D eigenvalue weighted by Gasteiger charge is -2.07. The molecule has 4 nitrogen and oxygen atoms in total. The zero-order valence-electron chi connectivity index (χ0n) is 11.1. The number of carbonyl (C=O) groups is 1. The Bertz CT molecular complexity index is 645. The second kappa shape index (κ2) is 7.06. The van der Waals surface area contributed by atoms with E-state index in [1.54, 1.807) is 24.3 Å². The Morgan fingerprint density at radius 2 is 1.76 bits per heavy atom. The predicted molar refractivity (Wildman–Crippen MR) is 72.8 cm³/mol. The summed E-state index contributed by atoms with van der Waals surface area (Å²) in [4.78, 5) is 11.5. The first-order valence-corrected chi connectivity index (χ1v) is 6.20. The van der Waals surface area contributed by atoms with Crippen LogP contribution in [-0.2, 0) is 16.1 Å². The number of ether oxygens (including phenoxy) is 2. The van der Waals surface area contributed by atoms with Crippen molar-refractivity contribution in [3.05, 3.63) is 65.5 Å². The van der Waals surface area contributed by atoms with Crippen LogP contribution in [0.1, 0.15) is 11.1 Å². The molecule has 0 unspecified atom stereocenters. The normalized spacial score (nSPS) is 9.71. The van der Waals surface area contributed by atoms with Crippen molar-refractivity contribution >= 4 is 5.97 Å². The van der Waals surface area contributed by atoms with Gasteiger partial charge in [0.15, 0.2) is 6.61 Å². The molecular weight excluding hydrogens is 273 g/mol. The third kappa shape index (κ3) is 4.62. The molecule has 0 atom stereocenters. The number of nitriles is 1. The summed E-state index contributed by atoms with van der Waals surface area (Å²) in [6, 6.07) is 14.1. The lowest BCUT2D eigenvalue weighted by molar-refractivity contribution is -0.147. The van der Waals surface area contributed by atoms with E-state index in [4.69, 9.17) is 14.7 Å². The zero-order valence-corrected chi connectivity index (χ0v) is 11.1. The van der Waals surface area contributed by atoms with Crippen LogP contribution in [0, 0.1) is 17.1 Å². The van der Waals surface area contributed by atoms with E-state index in [0.717, 1.165) is 5.56 Å². The molecule has 0 amide bonds. The molecule has 2 aromatic rings. The number of hydrogen-bond donors (Lipinski definition) is 0. The number of benzene rings is 2. The second-order valence-electron chi connectivity index (χ2n) is 4.21. The number of hydrogen-bond acceptors (Lipinski definition) is 4. The minimum atomic E-state index is -0.524. The largest absolute Gasteiger partial charge is 0.482 e. The quantitative estimate of drug-likeness (QED) is 0.793. The molecule has 0 aromatic heterocycles. The fourth-order valence-electron chi connectivity index (χ4n) is 1.55. The van der Waals surface area contributed by atoms with Crippen LogP contribution < -0.4 is 4.74 Å². The molecule has 0 saturated heterocycles. The van der Waals surface area contributed by atoms with Crippen LogP contribution in [0.15, 0.2) is 48.5 Å². The van der Waals surface area contributed by atoms with E-state index >= 15 is 0 Å². The molecule has 0 bridgehead atoms. The summed E-state index contributed by atoms with van der Waals surface area (Å²) in [7, 11) is 0. The topological polar surface area (TPSA) is 59.3 Å². The lowest BCUT2D eigenvalue weighted by atomic mass is 10.2. The van der Waals surface area contributed by atoms with Crippen LogP contribution in [0.2, 0.25) is 0 Å². The maximum atomic E-state index is 12.7. The minimum absolute atomic E-state index is 0.108. The number of esters is 1. The molecule has 2 aromatic carbocycles. The van der Waals surface area contributed by atoms with Crippen LogP contribution >= 0.6 is 0 Å². The average molecular weight is 285 g/mol. The smallest absolute Gasteiger partial charge is 0.344 e. The number of rotatable bonds is 5. The van der Waals surface area contributed by atoms with Crippen LogP contribution in [0.4, 0.5) is 4.39 Å². The van der Waals surface area contributed by atoms with Gasteiger partial charge in [-0.15, -0.1) is 0 Å². The molecule has 0 heterocycles. The summed E-state index contributed by atoms with van der Waals surface area (Å²) in [6.07, 6.45) is 0. The number of halogens is 1. The summed E-state index contributed by atoms with van der Waals surface area (Å²) in [5.41, 5.74) is 1.33. The Hall–Kier alpha value is -2.87. The zero-order chi connectivity index (χ0) is 15.1. The molecule has 0 radical (unpaired) electrons. The molecule has 2 rings (SSSR count). The summed E-state index contributed by atoms with van der Waals surface area (Å²) in [5, 5.41) is 8.67. The molecule has 0 spiro atoms. The van der Waals surface area contributed by atoms with Gasteiger partial charge in [0.25, 0.3) is 0 Å². The van der Waals surface area contributed by atoms with Crippen LogP contribution in [0.25, 0.3) is 0 Å². The number of carbonyl (C=O) groups excluding carboxylic acids is 1. The van der Waals surface area contributed by atoms with Gasteiger partial charge >= 0.3 is 5.97 Å². The van der Waals surface area contributed by atoms with Crippen molar-refractivity contribution in [1.82, 2.24) is 0 Å². The van der Waals surface area contributed by atoms with E-state index < -0.39 is 5.97 Å². The molecule has 5 heteroatoms. The van der Waals surface area contributed by atoms with Gasteiger partial charge in [0.2, 0.25) is 0 Å². The molecule has 0 N–H and O–H groups in total. The van der Waals surface area contributed by atoms with Crippen molar-refractivity contribution in [3.63, 3.8) is 0 Å². The summed E-state index contributed by atoms with van der Waals surface area (Å²) in [6.45, 7) is -0.140. The fourth-order valence-corrected chi connectivity index (χ4v) is 1.55. The summed E-state index contributed by atoms with van der Waals surface area (Å²) >= 11 is 0. The Morgan fingerprint density at radius 3 is 2.38 bits per heavy atom. The Morgan fingerprint density at radius 1 is 1.10 bits per heavy atom. The maximum absolute atomic E-state index is 12.7. The minimum Gasteiger partial charge on any atom is -0.482 e. The monoisotopic (exact) mass is 285 g/mol. The van der Waals surface area contributed by atoms with Crippen molar-refractivity contribution in [2.75, 3.05) is 6.61 Å².